The Morgan fingerprint density at radius 1 is 1.10 bits per heavy atom. The first kappa shape index (κ1) is 12.6. The average molecular weight is 270 g/mol. The maximum atomic E-state index is 12.4. The summed E-state index contributed by atoms with van der Waals surface area (Å²) in [5.41, 5.74) is 1.79. The van der Waals surface area contributed by atoms with Crippen molar-refractivity contribution < 1.29 is 9.72 Å². The summed E-state index contributed by atoms with van der Waals surface area (Å²) in [7, 11) is 0. The molecule has 0 aliphatic carbocycles. The third-order valence-corrected chi connectivity index (χ3v) is 3.84. The highest BCUT2D eigenvalue weighted by molar-refractivity contribution is 5.86. The molecule has 0 unspecified atom stereocenters. The van der Waals surface area contributed by atoms with Crippen molar-refractivity contribution in [1.82, 2.24) is 4.57 Å². The zero-order chi connectivity index (χ0) is 14.1. The van der Waals surface area contributed by atoms with Crippen LogP contribution in [0.3, 0.4) is 0 Å². The van der Waals surface area contributed by atoms with Gasteiger partial charge in [-0.05, 0) is 24.1 Å². The van der Waals surface area contributed by atoms with Crippen molar-refractivity contribution in [1.29, 1.82) is 0 Å². The fourth-order valence-electron chi connectivity index (χ4n) is 2.93. The van der Waals surface area contributed by atoms with Gasteiger partial charge in [0.1, 0.15) is 0 Å². The standard InChI is InChI=1S/C15H14N2O3/c18-15-12(9-11-5-2-1-3-6-11)13(10-17(19)20)14-7-4-8-16(14)15/h1-8,12-13H,9-10H2/t12-,13-/m1/s1. The molecule has 0 N–H and O–H groups in total. The van der Waals surface area contributed by atoms with Crippen molar-refractivity contribution in [2.45, 2.75) is 12.3 Å². The van der Waals surface area contributed by atoms with Gasteiger partial charge in [-0.3, -0.25) is 19.5 Å². The molecule has 0 bridgehead atoms. The highest BCUT2D eigenvalue weighted by atomic mass is 16.6. The lowest BCUT2D eigenvalue weighted by Gasteiger charge is -2.14. The molecule has 0 saturated heterocycles. The van der Waals surface area contributed by atoms with Gasteiger partial charge in [-0.1, -0.05) is 30.3 Å². The van der Waals surface area contributed by atoms with Crippen LogP contribution in [-0.2, 0) is 6.42 Å². The minimum Gasteiger partial charge on any atom is -0.291 e. The quantitative estimate of drug-likeness (QED) is 0.632. The molecule has 1 aliphatic heterocycles. The lowest BCUT2D eigenvalue weighted by atomic mass is 9.87. The van der Waals surface area contributed by atoms with Gasteiger partial charge in [0.15, 0.2) is 0 Å². The number of benzene rings is 1. The number of hydrogen-bond acceptors (Lipinski definition) is 3. The predicted octanol–water partition coefficient (Wildman–Crippen LogP) is 2.36. The van der Waals surface area contributed by atoms with E-state index in [2.05, 4.69) is 0 Å². The van der Waals surface area contributed by atoms with Crippen molar-refractivity contribution in [2.75, 3.05) is 6.54 Å². The maximum absolute atomic E-state index is 12.4. The summed E-state index contributed by atoms with van der Waals surface area (Å²) in [6.45, 7) is -0.201. The minimum absolute atomic E-state index is 0.0410. The molecule has 2 atom stereocenters. The number of fused-ring (bicyclic) bond motifs is 1. The molecule has 1 aromatic carbocycles. The van der Waals surface area contributed by atoms with Gasteiger partial charge >= 0.3 is 0 Å². The maximum Gasteiger partial charge on any atom is 0.235 e. The van der Waals surface area contributed by atoms with Crippen LogP contribution in [0.15, 0.2) is 48.7 Å². The monoisotopic (exact) mass is 270 g/mol. The molecule has 2 heterocycles. The van der Waals surface area contributed by atoms with Crippen molar-refractivity contribution in [3.05, 3.63) is 70.0 Å². The lowest BCUT2D eigenvalue weighted by Crippen LogP contribution is -2.23. The van der Waals surface area contributed by atoms with Crippen LogP contribution in [0.4, 0.5) is 0 Å². The Bertz CT molecular complexity index is 648. The Balaban J connectivity index is 1.91. The van der Waals surface area contributed by atoms with Gasteiger partial charge in [0.25, 0.3) is 0 Å². The number of aromatic nitrogens is 1. The van der Waals surface area contributed by atoms with E-state index >= 15 is 0 Å². The van der Waals surface area contributed by atoms with Crippen LogP contribution in [-0.4, -0.2) is 21.9 Å². The normalized spacial score (nSPS) is 20.9. The number of carbonyl (C=O) groups excluding carboxylic acids is 1. The highest BCUT2D eigenvalue weighted by Crippen LogP contribution is 2.36. The van der Waals surface area contributed by atoms with Gasteiger partial charge in [-0.25, -0.2) is 0 Å². The summed E-state index contributed by atoms with van der Waals surface area (Å²) in [5, 5.41) is 10.9. The highest BCUT2D eigenvalue weighted by Gasteiger charge is 2.42. The van der Waals surface area contributed by atoms with E-state index in [1.165, 1.54) is 0 Å². The minimum atomic E-state index is -0.348. The smallest absolute Gasteiger partial charge is 0.235 e. The molecule has 5 heteroatoms. The van der Waals surface area contributed by atoms with Crippen LogP contribution in [0, 0.1) is 16.0 Å². The van der Waals surface area contributed by atoms with Crippen LogP contribution in [0.2, 0.25) is 0 Å². The van der Waals surface area contributed by atoms with E-state index in [1.54, 1.807) is 22.9 Å². The van der Waals surface area contributed by atoms with Crippen molar-refractivity contribution in [3.8, 4) is 0 Å². The van der Waals surface area contributed by atoms with Crippen LogP contribution >= 0.6 is 0 Å². The first-order chi connectivity index (χ1) is 9.66. The first-order valence-corrected chi connectivity index (χ1v) is 6.54. The summed E-state index contributed by atoms with van der Waals surface area (Å²) in [5.74, 6) is -0.729. The van der Waals surface area contributed by atoms with E-state index in [1.807, 2.05) is 30.3 Å². The fourth-order valence-corrected chi connectivity index (χ4v) is 2.93. The SMILES string of the molecule is O=C1[C@H](Cc2ccccc2)[C@@H](C[N+](=O)[O-])c2cccn21. The largest absolute Gasteiger partial charge is 0.291 e. The van der Waals surface area contributed by atoms with Gasteiger partial charge in [0.2, 0.25) is 12.5 Å². The summed E-state index contributed by atoms with van der Waals surface area (Å²) in [4.78, 5) is 22.9. The van der Waals surface area contributed by atoms with Gasteiger partial charge in [0, 0.05) is 16.8 Å². The van der Waals surface area contributed by atoms with Gasteiger partial charge in [-0.2, -0.15) is 0 Å². The molecular weight excluding hydrogens is 256 g/mol. The molecule has 1 aliphatic rings. The van der Waals surface area contributed by atoms with E-state index in [0.717, 1.165) is 11.3 Å². The Hall–Kier alpha value is -2.43. The molecule has 5 nitrogen and oxygen atoms in total. The van der Waals surface area contributed by atoms with E-state index in [-0.39, 0.29) is 29.2 Å². The second kappa shape index (κ2) is 4.92. The first-order valence-electron chi connectivity index (χ1n) is 6.54. The third kappa shape index (κ3) is 2.11. The molecule has 0 amide bonds. The molecule has 0 fully saturated rings. The fraction of sp³-hybridized carbons (Fsp3) is 0.267. The van der Waals surface area contributed by atoms with Gasteiger partial charge in [-0.15, -0.1) is 0 Å². The zero-order valence-corrected chi connectivity index (χ0v) is 10.8. The zero-order valence-electron chi connectivity index (χ0n) is 10.8. The van der Waals surface area contributed by atoms with Crippen LogP contribution in [0.25, 0.3) is 0 Å². The molecule has 0 saturated carbocycles. The second-order valence-corrected chi connectivity index (χ2v) is 5.06. The average Bonchev–Trinajstić information content (AvgIpc) is 2.99. The molecule has 102 valence electrons. The third-order valence-electron chi connectivity index (χ3n) is 3.84. The molecule has 0 radical (unpaired) electrons. The Labute approximate surface area is 116 Å². The van der Waals surface area contributed by atoms with Crippen LogP contribution in [0.1, 0.15) is 22.0 Å². The van der Waals surface area contributed by atoms with Crippen molar-refractivity contribution >= 4 is 5.91 Å². The molecule has 3 rings (SSSR count). The lowest BCUT2D eigenvalue weighted by molar-refractivity contribution is -0.484. The van der Waals surface area contributed by atoms with E-state index in [9.17, 15) is 14.9 Å². The van der Waals surface area contributed by atoms with E-state index < -0.39 is 0 Å². The Kier molecular flexibility index (Phi) is 3.10. The van der Waals surface area contributed by atoms with Crippen LogP contribution in [0.5, 0.6) is 0 Å². The van der Waals surface area contributed by atoms with E-state index in [4.69, 9.17) is 0 Å². The number of carbonyl (C=O) groups is 1. The van der Waals surface area contributed by atoms with Crippen LogP contribution < -0.4 is 0 Å². The topological polar surface area (TPSA) is 65.1 Å². The summed E-state index contributed by atoms with van der Waals surface area (Å²) < 4.78 is 1.56. The van der Waals surface area contributed by atoms with Crippen molar-refractivity contribution in [2.24, 2.45) is 5.92 Å². The molecule has 1 aromatic heterocycles. The number of hydrogen-bond donors (Lipinski definition) is 0. The summed E-state index contributed by atoms with van der Waals surface area (Å²) in [6.07, 6.45) is 2.23. The predicted molar refractivity (Wildman–Crippen MR) is 73.3 cm³/mol. The summed E-state index contributed by atoms with van der Waals surface area (Å²) >= 11 is 0. The molecular formula is C15H14N2O3. The number of rotatable bonds is 4. The number of nitro groups is 1. The summed E-state index contributed by atoms with van der Waals surface area (Å²) in [6, 6.07) is 13.2. The van der Waals surface area contributed by atoms with Gasteiger partial charge in [0.05, 0.1) is 11.8 Å². The Morgan fingerprint density at radius 2 is 1.85 bits per heavy atom. The second-order valence-electron chi connectivity index (χ2n) is 5.06. The molecule has 2 aromatic rings. The van der Waals surface area contributed by atoms with Crippen molar-refractivity contribution in [3.63, 3.8) is 0 Å². The van der Waals surface area contributed by atoms with Gasteiger partial charge < -0.3 is 0 Å². The van der Waals surface area contributed by atoms with E-state index in [0.29, 0.717) is 6.42 Å². The Morgan fingerprint density at radius 3 is 2.55 bits per heavy atom. The number of nitrogens with zero attached hydrogens (tertiary/aromatic N) is 2. The molecule has 20 heavy (non-hydrogen) atoms. The molecule has 0 spiro atoms.